The molecule has 0 amide bonds. The van der Waals surface area contributed by atoms with Crippen molar-refractivity contribution in [3.63, 3.8) is 0 Å². The Bertz CT molecular complexity index is 610. The Labute approximate surface area is 130 Å². The molecule has 0 aromatic heterocycles. The first-order valence-electron chi connectivity index (χ1n) is 6.15. The number of sulfonamides is 1. The molecule has 1 saturated carbocycles. The number of halogens is 2. The van der Waals surface area contributed by atoms with E-state index in [1.807, 2.05) is 6.26 Å². The van der Waals surface area contributed by atoms with Crippen LogP contribution in [0.15, 0.2) is 21.5 Å². The molecule has 0 aliphatic heterocycles. The Morgan fingerprint density at radius 1 is 1.45 bits per heavy atom. The number of rotatable bonds is 4. The molecule has 1 aliphatic carbocycles. The van der Waals surface area contributed by atoms with E-state index in [-0.39, 0.29) is 26.3 Å². The van der Waals surface area contributed by atoms with E-state index in [0.29, 0.717) is 0 Å². The van der Waals surface area contributed by atoms with Gasteiger partial charge in [-0.05, 0) is 47.2 Å². The molecular formula is C12H16BrFN2O2S2. The third kappa shape index (κ3) is 3.29. The van der Waals surface area contributed by atoms with Crippen LogP contribution in [0.25, 0.3) is 0 Å². The van der Waals surface area contributed by atoms with Crippen molar-refractivity contribution in [1.82, 2.24) is 4.72 Å². The molecule has 2 rings (SSSR count). The fourth-order valence-corrected chi connectivity index (χ4v) is 5.74. The average molecular weight is 383 g/mol. The van der Waals surface area contributed by atoms with Crippen LogP contribution in [0.2, 0.25) is 0 Å². The summed E-state index contributed by atoms with van der Waals surface area (Å²) in [6.45, 7) is 0. The first-order chi connectivity index (χ1) is 9.35. The maximum atomic E-state index is 13.3. The predicted molar refractivity (Wildman–Crippen MR) is 83.8 cm³/mol. The molecule has 1 aliphatic rings. The molecule has 0 bridgehead atoms. The average Bonchev–Trinajstić information content (AvgIpc) is 2.80. The van der Waals surface area contributed by atoms with E-state index < -0.39 is 15.8 Å². The van der Waals surface area contributed by atoms with Gasteiger partial charge in [-0.1, -0.05) is 6.42 Å². The zero-order valence-corrected chi connectivity index (χ0v) is 14.1. The molecule has 2 unspecified atom stereocenters. The summed E-state index contributed by atoms with van der Waals surface area (Å²) in [6, 6.07) is 2.13. The Hall–Kier alpha value is -0.310. The Kier molecular flexibility index (Phi) is 4.99. The van der Waals surface area contributed by atoms with Crippen LogP contribution < -0.4 is 10.5 Å². The highest BCUT2D eigenvalue weighted by Crippen LogP contribution is 2.31. The number of nitrogens with two attached hydrogens (primary N) is 1. The van der Waals surface area contributed by atoms with Crippen LogP contribution >= 0.6 is 27.7 Å². The van der Waals surface area contributed by atoms with E-state index in [1.54, 1.807) is 11.8 Å². The highest BCUT2D eigenvalue weighted by molar-refractivity contribution is 9.10. The van der Waals surface area contributed by atoms with E-state index in [9.17, 15) is 12.8 Å². The zero-order chi connectivity index (χ0) is 14.9. The summed E-state index contributed by atoms with van der Waals surface area (Å²) in [6.07, 6.45) is 4.80. The van der Waals surface area contributed by atoms with Crippen molar-refractivity contribution in [3.05, 3.63) is 22.4 Å². The fourth-order valence-electron chi connectivity index (χ4n) is 2.36. The highest BCUT2D eigenvalue weighted by atomic mass is 79.9. The SMILES string of the molecule is CSC1CCCC1NS(=O)(=O)c1cc(N)c(F)cc1Br. The van der Waals surface area contributed by atoms with Crippen LogP contribution in [0.4, 0.5) is 10.1 Å². The molecular weight excluding hydrogens is 367 g/mol. The summed E-state index contributed by atoms with van der Waals surface area (Å²) in [5, 5.41) is 0.279. The molecule has 4 nitrogen and oxygen atoms in total. The number of thioether (sulfide) groups is 1. The second-order valence-electron chi connectivity index (χ2n) is 4.74. The van der Waals surface area contributed by atoms with Gasteiger partial charge >= 0.3 is 0 Å². The molecule has 0 saturated heterocycles. The predicted octanol–water partition coefficient (Wildman–Crippen LogP) is 2.73. The van der Waals surface area contributed by atoms with Gasteiger partial charge in [0.05, 0.1) is 10.6 Å². The van der Waals surface area contributed by atoms with Crippen LogP contribution in [0.5, 0.6) is 0 Å². The van der Waals surface area contributed by atoms with Crippen molar-refractivity contribution in [3.8, 4) is 0 Å². The fraction of sp³-hybridized carbons (Fsp3) is 0.500. The van der Waals surface area contributed by atoms with Gasteiger partial charge in [0.15, 0.2) is 0 Å². The number of benzene rings is 1. The van der Waals surface area contributed by atoms with E-state index in [1.165, 1.54) is 0 Å². The second kappa shape index (κ2) is 6.21. The largest absolute Gasteiger partial charge is 0.396 e. The smallest absolute Gasteiger partial charge is 0.242 e. The van der Waals surface area contributed by atoms with Crippen molar-refractivity contribution < 1.29 is 12.8 Å². The molecule has 2 atom stereocenters. The van der Waals surface area contributed by atoms with Gasteiger partial charge < -0.3 is 5.73 Å². The lowest BCUT2D eigenvalue weighted by Gasteiger charge is -2.19. The lowest BCUT2D eigenvalue weighted by atomic mass is 10.3. The van der Waals surface area contributed by atoms with Gasteiger partial charge in [-0.15, -0.1) is 0 Å². The van der Waals surface area contributed by atoms with Crippen molar-refractivity contribution in [2.24, 2.45) is 0 Å². The first kappa shape index (κ1) is 16.1. The van der Waals surface area contributed by atoms with Crippen LogP contribution in [-0.4, -0.2) is 26.0 Å². The Morgan fingerprint density at radius 2 is 2.15 bits per heavy atom. The van der Waals surface area contributed by atoms with Crippen molar-refractivity contribution in [2.75, 3.05) is 12.0 Å². The molecule has 0 heterocycles. The summed E-state index contributed by atoms with van der Waals surface area (Å²) < 4.78 is 41.0. The quantitative estimate of drug-likeness (QED) is 0.785. The minimum absolute atomic E-state index is 0.0249. The summed E-state index contributed by atoms with van der Waals surface area (Å²) >= 11 is 4.74. The van der Waals surface area contributed by atoms with Gasteiger partial charge in [-0.2, -0.15) is 11.8 Å². The topological polar surface area (TPSA) is 72.2 Å². The lowest BCUT2D eigenvalue weighted by molar-refractivity contribution is 0.554. The number of nitrogen functional groups attached to an aromatic ring is 1. The summed E-state index contributed by atoms with van der Waals surface area (Å²) in [4.78, 5) is -0.0249. The van der Waals surface area contributed by atoms with Gasteiger partial charge in [0.2, 0.25) is 10.0 Å². The zero-order valence-electron chi connectivity index (χ0n) is 10.9. The number of anilines is 1. The van der Waals surface area contributed by atoms with Crippen molar-refractivity contribution >= 4 is 43.4 Å². The van der Waals surface area contributed by atoms with Gasteiger partial charge in [-0.3, -0.25) is 0 Å². The molecule has 20 heavy (non-hydrogen) atoms. The normalized spacial score (nSPS) is 23.1. The molecule has 0 spiro atoms. The number of hydrogen-bond donors (Lipinski definition) is 2. The van der Waals surface area contributed by atoms with Crippen LogP contribution in [0, 0.1) is 5.82 Å². The van der Waals surface area contributed by atoms with Gasteiger partial charge in [-0.25, -0.2) is 17.5 Å². The highest BCUT2D eigenvalue weighted by Gasteiger charge is 2.31. The minimum atomic E-state index is -3.71. The molecule has 0 radical (unpaired) electrons. The molecule has 1 fully saturated rings. The maximum absolute atomic E-state index is 13.3. The Morgan fingerprint density at radius 3 is 2.80 bits per heavy atom. The lowest BCUT2D eigenvalue weighted by Crippen LogP contribution is -2.38. The van der Waals surface area contributed by atoms with Gasteiger partial charge in [0.1, 0.15) is 5.82 Å². The number of hydrogen-bond acceptors (Lipinski definition) is 4. The van der Waals surface area contributed by atoms with E-state index in [2.05, 4.69) is 20.7 Å². The summed E-state index contributed by atoms with van der Waals surface area (Å²) in [7, 11) is -3.71. The van der Waals surface area contributed by atoms with E-state index in [0.717, 1.165) is 31.4 Å². The van der Waals surface area contributed by atoms with E-state index in [4.69, 9.17) is 5.73 Å². The van der Waals surface area contributed by atoms with Crippen molar-refractivity contribution in [1.29, 1.82) is 0 Å². The van der Waals surface area contributed by atoms with Crippen molar-refractivity contribution in [2.45, 2.75) is 35.4 Å². The second-order valence-corrected chi connectivity index (χ2v) is 8.35. The standard InChI is InChI=1S/C12H16BrFN2O2S2/c1-19-11-4-2-3-10(11)16-20(17,18)12-6-9(15)8(14)5-7(12)13/h5-6,10-11,16H,2-4,15H2,1H3. The van der Waals surface area contributed by atoms with Crippen LogP contribution in [0.3, 0.4) is 0 Å². The van der Waals surface area contributed by atoms with Gasteiger partial charge in [0, 0.05) is 15.8 Å². The van der Waals surface area contributed by atoms with Crippen LogP contribution in [-0.2, 0) is 10.0 Å². The molecule has 8 heteroatoms. The summed E-state index contributed by atoms with van der Waals surface area (Å²) in [5.74, 6) is -0.640. The third-order valence-corrected chi connectivity index (χ3v) is 7.02. The molecule has 1 aromatic rings. The summed E-state index contributed by atoms with van der Waals surface area (Å²) in [5.41, 5.74) is 5.28. The number of nitrogens with one attached hydrogen (secondary N) is 1. The monoisotopic (exact) mass is 382 g/mol. The first-order valence-corrected chi connectivity index (χ1v) is 9.71. The third-order valence-electron chi connectivity index (χ3n) is 3.40. The molecule has 3 N–H and O–H groups in total. The minimum Gasteiger partial charge on any atom is -0.396 e. The van der Waals surface area contributed by atoms with Gasteiger partial charge in [0.25, 0.3) is 0 Å². The molecule has 112 valence electrons. The Balaban J connectivity index is 2.29. The van der Waals surface area contributed by atoms with Crippen LogP contribution in [0.1, 0.15) is 19.3 Å². The maximum Gasteiger partial charge on any atom is 0.242 e. The molecule has 1 aromatic carbocycles. The van der Waals surface area contributed by atoms with E-state index >= 15 is 0 Å².